The fraction of sp³-hybridized carbons (Fsp3) is 0.500. The average molecular weight is 340 g/mol. The molecular weight excluding hydrogens is 321 g/mol. The lowest BCUT2D eigenvalue weighted by Gasteiger charge is -2.25. The van der Waals surface area contributed by atoms with Crippen LogP contribution in [0.5, 0.6) is 0 Å². The van der Waals surface area contributed by atoms with Gasteiger partial charge in [-0.25, -0.2) is 4.39 Å². The molecule has 2 atom stereocenters. The molecule has 1 aliphatic heterocycles. The zero-order valence-electron chi connectivity index (χ0n) is 13.0. The van der Waals surface area contributed by atoms with Gasteiger partial charge in [-0.3, -0.25) is 4.90 Å². The third-order valence-electron chi connectivity index (χ3n) is 4.11. The van der Waals surface area contributed by atoms with E-state index in [9.17, 15) is 9.50 Å². The summed E-state index contributed by atoms with van der Waals surface area (Å²) in [4.78, 5) is 6.58. The Hall–Kier alpha value is -1.50. The first kappa shape index (κ1) is 16.4. The monoisotopic (exact) mass is 339 g/mol. The van der Waals surface area contributed by atoms with Crippen LogP contribution in [-0.4, -0.2) is 38.8 Å². The highest BCUT2D eigenvalue weighted by Crippen LogP contribution is 2.33. The van der Waals surface area contributed by atoms with E-state index >= 15 is 0 Å². The van der Waals surface area contributed by atoms with Gasteiger partial charge in [0.05, 0.1) is 12.1 Å². The molecule has 7 heteroatoms. The first-order valence-electron chi connectivity index (χ1n) is 7.64. The number of hydrogen-bond donors (Lipinski definition) is 1. The molecule has 0 saturated carbocycles. The van der Waals surface area contributed by atoms with E-state index in [0.29, 0.717) is 36.1 Å². The van der Waals surface area contributed by atoms with Crippen LogP contribution in [0, 0.1) is 5.82 Å². The largest absolute Gasteiger partial charge is 0.392 e. The van der Waals surface area contributed by atoms with Crippen molar-refractivity contribution >= 4 is 11.6 Å². The lowest BCUT2D eigenvalue weighted by atomic mass is 10.1. The minimum atomic E-state index is -0.385. The first-order valence-corrected chi connectivity index (χ1v) is 8.02. The van der Waals surface area contributed by atoms with Crippen molar-refractivity contribution in [2.45, 2.75) is 44.9 Å². The molecule has 2 aromatic rings. The SMILES string of the molecule is CC(C)N1C[C@H](O)C[C@H]1c1nc(Cc2ccc(F)cc2Cl)no1. The second-order valence-corrected chi connectivity index (χ2v) is 6.56. The van der Waals surface area contributed by atoms with E-state index in [0.717, 1.165) is 5.56 Å². The predicted molar refractivity (Wildman–Crippen MR) is 83.7 cm³/mol. The Morgan fingerprint density at radius 2 is 2.26 bits per heavy atom. The van der Waals surface area contributed by atoms with E-state index in [2.05, 4.69) is 28.9 Å². The van der Waals surface area contributed by atoms with E-state index in [1.807, 2.05) is 0 Å². The van der Waals surface area contributed by atoms with Crippen LogP contribution in [0.15, 0.2) is 22.7 Å². The Balaban J connectivity index is 1.77. The van der Waals surface area contributed by atoms with Crippen LogP contribution in [0.25, 0.3) is 0 Å². The molecule has 1 N–H and O–H groups in total. The number of hydrogen-bond acceptors (Lipinski definition) is 5. The third-order valence-corrected chi connectivity index (χ3v) is 4.46. The molecular formula is C16H19ClFN3O2. The summed E-state index contributed by atoms with van der Waals surface area (Å²) in [6.07, 6.45) is 0.570. The van der Waals surface area contributed by atoms with Crippen LogP contribution < -0.4 is 0 Å². The van der Waals surface area contributed by atoms with Crippen molar-refractivity contribution < 1.29 is 14.0 Å². The number of benzene rings is 1. The fourth-order valence-electron chi connectivity index (χ4n) is 2.96. The lowest BCUT2D eigenvalue weighted by Crippen LogP contribution is -2.31. The van der Waals surface area contributed by atoms with Gasteiger partial charge in [0, 0.05) is 24.0 Å². The first-order chi connectivity index (χ1) is 10.9. The summed E-state index contributed by atoms with van der Waals surface area (Å²) in [6.45, 7) is 4.74. The van der Waals surface area contributed by atoms with Gasteiger partial charge >= 0.3 is 0 Å². The van der Waals surface area contributed by atoms with Gasteiger partial charge in [0.1, 0.15) is 5.82 Å². The molecule has 1 aromatic heterocycles. The summed E-state index contributed by atoms with van der Waals surface area (Å²) in [5, 5.41) is 14.2. The van der Waals surface area contributed by atoms with Crippen molar-refractivity contribution in [2.75, 3.05) is 6.54 Å². The number of aliphatic hydroxyl groups is 1. The Bertz CT molecular complexity index is 692. The van der Waals surface area contributed by atoms with Gasteiger partial charge in [-0.1, -0.05) is 22.8 Å². The second kappa shape index (κ2) is 6.55. The van der Waals surface area contributed by atoms with E-state index in [4.69, 9.17) is 16.1 Å². The Morgan fingerprint density at radius 3 is 2.96 bits per heavy atom. The van der Waals surface area contributed by atoms with Gasteiger partial charge < -0.3 is 9.63 Å². The molecule has 1 aliphatic rings. The molecule has 0 aliphatic carbocycles. The van der Waals surface area contributed by atoms with Crippen LogP contribution in [0.2, 0.25) is 5.02 Å². The molecule has 3 rings (SSSR count). The van der Waals surface area contributed by atoms with Crippen LogP contribution >= 0.6 is 11.6 Å². The van der Waals surface area contributed by atoms with Crippen molar-refractivity contribution in [1.29, 1.82) is 0 Å². The van der Waals surface area contributed by atoms with Gasteiger partial charge in [0.15, 0.2) is 5.82 Å². The predicted octanol–water partition coefficient (Wildman–Crippen LogP) is 2.97. The maximum absolute atomic E-state index is 13.1. The number of rotatable bonds is 4. The van der Waals surface area contributed by atoms with Crippen LogP contribution in [-0.2, 0) is 6.42 Å². The topological polar surface area (TPSA) is 62.4 Å². The highest BCUT2D eigenvalue weighted by Gasteiger charge is 2.37. The highest BCUT2D eigenvalue weighted by atomic mass is 35.5. The molecule has 1 fully saturated rings. The Kier molecular flexibility index (Phi) is 4.66. The van der Waals surface area contributed by atoms with Crippen molar-refractivity contribution in [3.05, 3.63) is 46.3 Å². The summed E-state index contributed by atoms with van der Waals surface area (Å²) >= 11 is 6.03. The van der Waals surface area contributed by atoms with E-state index in [-0.39, 0.29) is 24.0 Å². The van der Waals surface area contributed by atoms with Crippen molar-refractivity contribution in [1.82, 2.24) is 15.0 Å². The number of likely N-dealkylation sites (tertiary alicyclic amines) is 1. The molecule has 0 radical (unpaired) electrons. The smallest absolute Gasteiger partial charge is 0.244 e. The zero-order chi connectivity index (χ0) is 16.6. The van der Waals surface area contributed by atoms with Gasteiger partial charge in [-0.15, -0.1) is 0 Å². The molecule has 5 nitrogen and oxygen atoms in total. The summed E-state index contributed by atoms with van der Waals surface area (Å²) < 4.78 is 18.5. The van der Waals surface area contributed by atoms with E-state index in [1.165, 1.54) is 12.1 Å². The summed E-state index contributed by atoms with van der Waals surface area (Å²) in [5.74, 6) is 0.627. The van der Waals surface area contributed by atoms with Gasteiger partial charge in [0.2, 0.25) is 5.89 Å². The standard InChI is InChI=1S/C16H19ClFN3O2/c1-9(2)21-8-12(22)7-14(21)16-19-15(20-23-16)5-10-3-4-11(18)6-13(10)17/h3-4,6,9,12,14,22H,5,7-8H2,1-2H3/t12-,14+/m1/s1. The van der Waals surface area contributed by atoms with Crippen LogP contribution in [0.3, 0.4) is 0 Å². The minimum Gasteiger partial charge on any atom is -0.392 e. The number of nitrogens with zero attached hydrogens (tertiary/aromatic N) is 3. The molecule has 0 bridgehead atoms. The summed E-state index contributed by atoms with van der Waals surface area (Å²) in [7, 11) is 0. The normalized spacial score (nSPS) is 22.2. The minimum absolute atomic E-state index is 0.0741. The number of β-amino-alcohol motifs (C(OH)–C–C–N with tert-alkyl or cyclic N) is 1. The number of aromatic nitrogens is 2. The maximum atomic E-state index is 13.1. The number of aliphatic hydroxyl groups excluding tert-OH is 1. The molecule has 23 heavy (non-hydrogen) atoms. The lowest BCUT2D eigenvalue weighted by molar-refractivity contribution is 0.150. The molecule has 0 amide bonds. The highest BCUT2D eigenvalue weighted by molar-refractivity contribution is 6.31. The molecule has 2 heterocycles. The third kappa shape index (κ3) is 3.54. The molecule has 124 valence electrons. The molecule has 1 saturated heterocycles. The van der Waals surface area contributed by atoms with Gasteiger partial charge in [0.25, 0.3) is 0 Å². The van der Waals surface area contributed by atoms with E-state index < -0.39 is 0 Å². The summed E-state index contributed by atoms with van der Waals surface area (Å²) in [6, 6.07) is 4.45. The Labute approximate surface area is 139 Å². The fourth-order valence-corrected chi connectivity index (χ4v) is 3.20. The second-order valence-electron chi connectivity index (χ2n) is 6.16. The quantitative estimate of drug-likeness (QED) is 0.927. The Morgan fingerprint density at radius 1 is 1.48 bits per heavy atom. The van der Waals surface area contributed by atoms with Crippen LogP contribution in [0.1, 0.15) is 43.6 Å². The van der Waals surface area contributed by atoms with E-state index in [1.54, 1.807) is 6.07 Å². The van der Waals surface area contributed by atoms with Crippen molar-refractivity contribution in [3.8, 4) is 0 Å². The zero-order valence-corrected chi connectivity index (χ0v) is 13.8. The number of halogens is 2. The van der Waals surface area contributed by atoms with Crippen LogP contribution in [0.4, 0.5) is 4.39 Å². The molecule has 0 spiro atoms. The summed E-state index contributed by atoms with van der Waals surface area (Å²) in [5.41, 5.74) is 0.743. The van der Waals surface area contributed by atoms with Gasteiger partial charge in [-0.05, 0) is 38.0 Å². The van der Waals surface area contributed by atoms with Gasteiger partial charge in [-0.2, -0.15) is 4.98 Å². The molecule has 0 unspecified atom stereocenters. The van der Waals surface area contributed by atoms with Crippen molar-refractivity contribution in [3.63, 3.8) is 0 Å². The van der Waals surface area contributed by atoms with Crippen molar-refractivity contribution in [2.24, 2.45) is 0 Å². The average Bonchev–Trinajstić information content (AvgIpc) is 3.08. The maximum Gasteiger partial charge on any atom is 0.244 e. The molecule has 1 aromatic carbocycles.